The van der Waals surface area contributed by atoms with Crippen LogP contribution in [0.1, 0.15) is 33.0 Å². The number of nitriles is 1. The molecule has 0 aliphatic heterocycles. The molecule has 0 aliphatic rings. The van der Waals surface area contributed by atoms with Crippen LogP contribution in [-0.2, 0) is 0 Å². The van der Waals surface area contributed by atoms with Crippen molar-refractivity contribution in [2.75, 3.05) is 16.5 Å². The topological polar surface area (TPSA) is 129 Å². The van der Waals surface area contributed by atoms with Crippen molar-refractivity contribution in [1.82, 2.24) is 15.4 Å². The number of hydrazine groups is 1. The van der Waals surface area contributed by atoms with Crippen molar-refractivity contribution < 1.29 is 4.79 Å². The van der Waals surface area contributed by atoms with Gasteiger partial charge >= 0.3 is 0 Å². The molecule has 0 bridgehead atoms. The van der Waals surface area contributed by atoms with Crippen molar-refractivity contribution in [2.24, 2.45) is 0 Å². The Morgan fingerprint density at radius 2 is 1.78 bits per heavy atom. The van der Waals surface area contributed by atoms with Crippen molar-refractivity contribution in [3.63, 3.8) is 0 Å². The van der Waals surface area contributed by atoms with Crippen molar-refractivity contribution in [2.45, 2.75) is 12.8 Å². The molecule has 5 N–H and O–H groups in total. The predicted octanol–water partition coefficient (Wildman–Crippen LogP) is 6.59. The third-order valence-electron chi connectivity index (χ3n) is 5.54. The minimum absolute atomic E-state index is 0.186. The van der Waals surface area contributed by atoms with Gasteiger partial charge in [0.2, 0.25) is 0 Å². The second-order valence-electron chi connectivity index (χ2n) is 7.97. The fourth-order valence-electron chi connectivity index (χ4n) is 3.59. The van der Waals surface area contributed by atoms with Gasteiger partial charge in [-0.05, 0) is 69.9 Å². The van der Waals surface area contributed by atoms with Gasteiger partial charge in [-0.1, -0.05) is 53.5 Å². The quantitative estimate of drug-likeness (QED) is 0.177. The summed E-state index contributed by atoms with van der Waals surface area (Å²) in [4.78, 5) is 20.8. The van der Waals surface area contributed by atoms with Crippen molar-refractivity contribution >= 4 is 68.0 Å². The summed E-state index contributed by atoms with van der Waals surface area (Å²) in [6, 6.07) is 20.0. The largest absolute Gasteiger partial charge is 0.393 e. The van der Waals surface area contributed by atoms with Gasteiger partial charge in [0.05, 0.1) is 17.6 Å². The van der Waals surface area contributed by atoms with Gasteiger partial charge < -0.3 is 11.1 Å². The molecule has 0 saturated heterocycles. The molecule has 4 aromatic rings. The van der Waals surface area contributed by atoms with E-state index in [-0.39, 0.29) is 17.4 Å². The summed E-state index contributed by atoms with van der Waals surface area (Å²) in [5, 5.41) is 14.0. The van der Waals surface area contributed by atoms with E-state index in [0.29, 0.717) is 37.2 Å². The first-order valence-electron chi connectivity index (χ1n) is 10.9. The molecule has 1 unspecified atom stereocenters. The molecule has 11 heteroatoms. The zero-order valence-corrected chi connectivity index (χ0v) is 22.5. The van der Waals surface area contributed by atoms with Crippen molar-refractivity contribution in [1.29, 1.82) is 5.26 Å². The first-order valence-corrected chi connectivity index (χ1v) is 12.5. The lowest BCUT2D eigenvalue weighted by Gasteiger charge is -2.17. The number of halogens is 3. The Morgan fingerprint density at radius 3 is 2.49 bits per heavy atom. The molecular weight excluding hydrogens is 577 g/mol. The van der Waals surface area contributed by atoms with E-state index in [9.17, 15) is 10.1 Å². The molecule has 1 atom stereocenters. The molecule has 4 rings (SSSR count). The lowest BCUT2D eigenvalue weighted by Crippen LogP contribution is -2.30. The predicted molar refractivity (Wildman–Crippen MR) is 150 cm³/mol. The Labute approximate surface area is 231 Å². The number of nitrogens with two attached hydrogens (primary N) is 1. The maximum Gasteiger partial charge on any atom is 0.270 e. The second-order valence-corrected chi connectivity index (χ2v) is 9.67. The summed E-state index contributed by atoms with van der Waals surface area (Å²) < 4.78 is 0.651. The smallest absolute Gasteiger partial charge is 0.270 e. The van der Waals surface area contributed by atoms with E-state index in [2.05, 4.69) is 48.1 Å². The van der Waals surface area contributed by atoms with E-state index in [1.54, 1.807) is 48.5 Å². The van der Waals surface area contributed by atoms with Gasteiger partial charge in [0.15, 0.2) is 11.6 Å². The van der Waals surface area contributed by atoms with Gasteiger partial charge in [0.25, 0.3) is 5.91 Å². The lowest BCUT2D eigenvalue weighted by atomic mass is 9.91. The summed E-state index contributed by atoms with van der Waals surface area (Å²) in [6.07, 6.45) is 1.31. The van der Waals surface area contributed by atoms with Gasteiger partial charge in [-0.15, -0.1) is 0 Å². The number of benzene rings is 3. The number of amides is 1. The summed E-state index contributed by atoms with van der Waals surface area (Å²) in [5.41, 5.74) is 15.1. The fraction of sp³-hybridized carbons (Fsp3) is 0.0769. The van der Waals surface area contributed by atoms with Gasteiger partial charge in [-0.2, -0.15) is 5.26 Å². The van der Waals surface area contributed by atoms with Crippen LogP contribution in [0.2, 0.25) is 10.0 Å². The summed E-state index contributed by atoms with van der Waals surface area (Å²) in [6.45, 7) is 1.88. The molecule has 0 fully saturated rings. The highest BCUT2D eigenvalue weighted by molar-refractivity contribution is 9.10. The fourth-order valence-corrected chi connectivity index (χ4v) is 4.45. The first-order chi connectivity index (χ1) is 17.8. The second kappa shape index (κ2) is 11.5. The minimum atomic E-state index is -0.564. The summed E-state index contributed by atoms with van der Waals surface area (Å²) >= 11 is 15.9. The maximum absolute atomic E-state index is 12.5. The molecule has 0 saturated carbocycles. The van der Waals surface area contributed by atoms with Gasteiger partial charge in [-0.25, -0.2) is 9.97 Å². The molecule has 0 aliphatic carbocycles. The number of carbonyl (C=O) groups excluding carboxylic acids is 1. The Bertz CT molecular complexity index is 1510. The molecule has 8 nitrogen and oxygen atoms in total. The number of hydrogen-bond acceptors (Lipinski definition) is 7. The minimum Gasteiger partial charge on any atom is -0.393 e. The average molecular weight is 597 g/mol. The summed E-state index contributed by atoms with van der Waals surface area (Å²) in [5.74, 6) is -0.406. The first kappa shape index (κ1) is 26.2. The molecule has 186 valence electrons. The van der Waals surface area contributed by atoms with Crippen LogP contribution in [0, 0.1) is 18.3 Å². The van der Waals surface area contributed by atoms with E-state index in [1.807, 2.05) is 19.1 Å². The highest BCUT2D eigenvalue weighted by Crippen LogP contribution is 2.36. The number of aromatic nitrogens is 2. The van der Waals surface area contributed by atoms with Crippen LogP contribution in [0.3, 0.4) is 0 Å². The van der Waals surface area contributed by atoms with E-state index in [0.717, 1.165) is 11.1 Å². The number of nitrogens with zero attached hydrogens (tertiary/aromatic N) is 3. The van der Waals surface area contributed by atoms with Crippen molar-refractivity contribution in [3.05, 3.63) is 104 Å². The Morgan fingerprint density at radius 1 is 1.08 bits per heavy atom. The highest BCUT2D eigenvalue weighted by atomic mass is 79.9. The standard InChI is InChI=1S/C26H20BrCl2N7O/c1-14-10-18(19(12-30)15-6-8-16(28)9-7-15)21(29)11-22(14)34-24-23(31)25(33-13-32-24)35-36-26(37)17-4-2-3-5-20(17)27/h2-11,13,19H,31H2,1H3,(H,36,37)(H2,32,33,34,35). The van der Waals surface area contributed by atoms with E-state index < -0.39 is 5.92 Å². The normalized spacial score (nSPS) is 11.3. The average Bonchev–Trinajstić information content (AvgIpc) is 2.88. The number of aryl methyl sites for hydroxylation is 1. The third-order valence-corrected chi connectivity index (χ3v) is 6.81. The summed E-state index contributed by atoms with van der Waals surface area (Å²) in [7, 11) is 0. The molecule has 1 aromatic heterocycles. The number of carbonyl (C=O) groups is 1. The third kappa shape index (κ3) is 5.94. The van der Waals surface area contributed by atoms with Crippen LogP contribution < -0.4 is 21.9 Å². The molecular formula is C26H20BrCl2N7O. The van der Waals surface area contributed by atoms with Crippen LogP contribution in [0.5, 0.6) is 0 Å². The Hall–Kier alpha value is -3.84. The zero-order valence-electron chi connectivity index (χ0n) is 19.4. The molecule has 3 aromatic carbocycles. The number of anilines is 4. The van der Waals surface area contributed by atoms with Crippen LogP contribution in [0.25, 0.3) is 0 Å². The number of nitrogens with one attached hydrogen (secondary N) is 3. The van der Waals surface area contributed by atoms with Gasteiger partial charge in [0.1, 0.15) is 12.0 Å². The van der Waals surface area contributed by atoms with Crippen LogP contribution in [0.15, 0.2) is 71.5 Å². The molecule has 0 spiro atoms. The molecule has 0 radical (unpaired) electrons. The SMILES string of the molecule is Cc1cc(C(C#N)c2ccc(Cl)cc2)c(Cl)cc1Nc1ncnc(NNC(=O)c2ccccc2Br)c1N. The Kier molecular flexibility index (Phi) is 8.14. The number of rotatable bonds is 7. The van der Waals surface area contributed by atoms with Crippen LogP contribution in [0.4, 0.5) is 23.0 Å². The van der Waals surface area contributed by atoms with Crippen LogP contribution >= 0.6 is 39.1 Å². The Balaban J connectivity index is 1.54. The molecule has 1 amide bonds. The van der Waals surface area contributed by atoms with E-state index >= 15 is 0 Å². The monoisotopic (exact) mass is 595 g/mol. The maximum atomic E-state index is 12.5. The van der Waals surface area contributed by atoms with Gasteiger partial charge in [-0.3, -0.25) is 15.6 Å². The number of nitrogen functional groups attached to an aromatic ring is 1. The highest BCUT2D eigenvalue weighted by Gasteiger charge is 2.19. The molecule has 1 heterocycles. The van der Waals surface area contributed by atoms with E-state index in [1.165, 1.54) is 6.33 Å². The number of hydrogen-bond donors (Lipinski definition) is 4. The lowest BCUT2D eigenvalue weighted by molar-refractivity contribution is 0.0961. The zero-order chi connectivity index (χ0) is 26.5. The van der Waals surface area contributed by atoms with Crippen molar-refractivity contribution in [3.8, 4) is 6.07 Å². The van der Waals surface area contributed by atoms with Crippen LogP contribution in [-0.4, -0.2) is 15.9 Å². The van der Waals surface area contributed by atoms with E-state index in [4.69, 9.17) is 28.9 Å². The van der Waals surface area contributed by atoms with Gasteiger partial charge in [0, 0.05) is 20.2 Å². The molecule has 37 heavy (non-hydrogen) atoms.